The second-order valence-electron chi connectivity index (χ2n) is 6.32. The predicted molar refractivity (Wildman–Crippen MR) is 86.9 cm³/mol. The van der Waals surface area contributed by atoms with Crippen LogP contribution in [0, 0.1) is 0 Å². The van der Waals surface area contributed by atoms with E-state index >= 15 is 0 Å². The lowest BCUT2D eigenvalue weighted by Crippen LogP contribution is -2.46. The number of amides is 1. The van der Waals surface area contributed by atoms with Crippen molar-refractivity contribution < 1.29 is 4.79 Å². The average Bonchev–Trinajstić information content (AvgIpc) is 3.07. The van der Waals surface area contributed by atoms with Gasteiger partial charge in [0.15, 0.2) is 0 Å². The third-order valence-electron chi connectivity index (χ3n) is 4.67. The van der Waals surface area contributed by atoms with Gasteiger partial charge < -0.3 is 9.88 Å². The van der Waals surface area contributed by atoms with Crippen LogP contribution in [0.3, 0.4) is 0 Å². The molecule has 0 bridgehead atoms. The predicted octanol–water partition coefficient (Wildman–Crippen LogP) is 3.40. The Labute approximate surface area is 135 Å². The number of rotatable bonds is 3. The lowest BCUT2D eigenvalue weighted by Gasteiger charge is -2.36. The standard InChI is InChI=1S/C17H20ClN3O/c1-17(2)14(13-5-3-4-6-15(13)18)7-8-21(17)16(22)9-12-10-19-11-20-12/h3-6,10-11,14H,7-9H2,1-2H3,(H,19,20). The van der Waals surface area contributed by atoms with Gasteiger partial charge in [-0.1, -0.05) is 29.8 Å². The molecule has 1 saturated heterocycles. The molecule has 1 unspecified atom stereocenters. The fraction of sp³-hybridized carbons (Fsp3) is 0.412. The van der Waals surface area contributed by atoms with E-state index in [1.54, 1.807) is 12.5 Å². The highest BCUT2D eigenvalue weighted by Gasteiger charge is 2.44. The van der Waals surface area contributed by atoms with Crippen LogP contribution in [0.5, 0.6) is 0 Å². The maximum atomic E-state index is 12.6. The molecule has 1 aliphatic heterocycles. The van der Waals surface area contributed by atoms with Crippen LogP contribution in [0.4, 0.5) is 0 Å². The van der Waals surface area contributed by atoms with Gasteiger partial charge in [0.1, 0.15) is 0 Å². The van der Waals surface area contributed by atoms with Gasteiger partial charge in [-0.25, -0.2) is 4.98 Å². The summed E-state index contributed by atoms with van der Waals surface area (Å²) in [4.78, 5) is 21.6. The molecule has 22 heavy (non-hydrogen) atoms. The Bertz CT molecular complexity index is 666. The van der Waals surface area contributed by atoms with Crippen LogP contribution < -0.4 is 0 Å². The number of imidazole rings is 1. The van der Waals surface area contributed by atoms with Crippen molar-refractivity contribution in [2.75, 3.05) is 6.54 Å². The summed E-state index contributed by atoms with van der Waals surface area (Å²) < 4.78 is 0. The molecule has 4 nitrogen and oxygen atoms in total. The zero-order chi connectivity index (χ0) is 15.7. The fourth-order valence-electron chi connectivity index (χ4n) is 3.47. The lowest BCUT2D eigenvalue weighted by atomic mass is 9.82. The van der Waals surface area contributed by atoms with Crippen LogP contribution in [0.1, 0.15) is 37.4 Å². The van der Waals surface area contributed by atoms with Crippen molar-refractivity contribution in [2.45, 2.75) is 38.1 Å². The molecule has 1 atom stereocenters. The molecule has 3 rings (SSSR count). The Morgan fingerprint density at radius 3 is 2.91 bits per heavy atom. The topological polar surface area (TPSA) is 49.0 Å². The molecule has 116 valence electrons. The van der Waals surface area contributed by atoms with E-state index in [0.29, 0.717) is 6.42 Å². The Morgan fingerprint density at radius 2 is 2.23 bits per heavy atom. The molecule has 0 spiro atoms. The largest absolute Gasteiger partial charge is 0.348 e. The van der Waals surface area contributed by atoms with E-state index in [4.69, 9.17) is 11.6 Å². The minimum Gasteiger partial charge on any atom is -0.348 e. The maximum absolute atomic E-state index is 12.6. The number of H-pyrrole nitrogens is 1. The number of likely N-dealkylation sites (tertiary alicyclic amines) is 1. The van der Waals surface area contributed by atoms with E-state index < -0.39 is 0 Å². The summed E-state index contributed by atoms with van der Waals surface area (Å²) in [6.45, 7) is 5.01. The Kier molecular flexibility index (Phi) is 3.96. The first-order valence-electron chi connectivity index (χ1n) is 7.52. The van der Waals surface area contributed by atoms with Gasteiger partial charge in [0.05, 0.1) is 12.7 Å². The monoisotopic (exact) mass is 317 g/mol. The molecular weight excluding hydrogens is 298 g/mol. The van der Waals surface area contributed by atoms with E-state index in [1.807, 2.05) is 23.1 Å². The Hall–Kier alpha value is -1.81. The molecule has 2 heterocycles. The summed E-state index contributed by atoms with van der Waals surface area (Å²) in [6, 6.07) is 7.93. The number of aromatic amines is 1. The van der Waals surface area contributed by atoms with Gasteiger partial charge in [-0.3, -0.25) is 4.79 Å². The number of hydrogen-bond acceptors (Lipinski definition) is 2. The van der Waals surface area contributed by atoms with E-state index in [0.717, 1.165) is 29.2 Å². The zero-order valence-electron chi connectivity index (χ0n) is 12.8. The summed E-state index contributed by atoms with van der Waals surface area (Å²) in [5.41, 5.74) is 1.73. The number of nitrogens with zero attached hydrogens (tertiary/aromatic N) is 2. The third kappa shape index (κ3) is 2.63. The van der Waals surface area contributed by atoms with Crippen molar-refractivity contribution >= 4 is 17.5 Å². The molecule has 1 aliphatic rings. The van der Waals surface area contributed by atoms with Crippen LogP contribution >= 0.6 is 11.6 Å². The van der Waals surface area contributed by atoms with Crippen molar-refractivity contribution in [3.05, 3.63) is 53.1 Å². The number of hydrogen-bond donors (Lipinski definition) is 1. The Morgan fingerprint density at radius 1 is 1.45 bits per heavy atom. The normalized spacial score (nSPS) is 20.3. The minimum atomic E-state index is -0.248. The zero-order valence-corrected chi connectivity index (χ0v) is 13.6. The van der Waals surface area contributed by atoms with Gasteiger partial charge in [-0.2, -0.15) is 0 Å². The number of nitrogens with one attached hydrogen (secondary N) is 1. The molecule has 1 aromatic heterocycles. The molecule has 1 aromatic carbocycles. The van der Waals surface area contributed by atoms with E-state index in [-0.39, 0.29) is 17.4 Å². The van der Waals surface area contributed by atoms with Gasteiger partial charge >= 0.3 is 0 Å². The molecular formula is C17H20ClN3O. The molecule has 1 amide bonds. The van der Waals surface area contributed by atoms with E-state index in [2.05, 4.69) is 29.9 Å². The highest BCUT2D eigenvalue weighted by molar-refractivity contribution is 6.31. The first-order chi connectivity index (χ1) is 10.5. The van der Waals surface area contributed by atoms with Crippen molar-refractivity contribution in [3.63, 3.8) is 0 Å². The van der Waals surface area contributed by atoms with Crippen LogP contribution in [0.2, 0.25) is 5.02 Å². The minimum absolute atomic E-state index is 0.129. The molecule has 1 N–H and O–H groups in total. The van der Waals surface area contributed by atoms with Crippen molar-refractivity contribution in [1.82, 2.24) is 14.9 Å². The highest BCUT2D eigenvalue weighted by Crippen LogP contribution is 2.44. The first kappa shape index (κ1) is 15.1. The molecule has 2 aromatic rings. The molecule has 0 radical (unpaired) electrons. The smallest absolute Gasteiger partial charge is 0.229 e. The van der Waals surface area contributed by atoms with Gasteiger partial charge in [-0.05, 0) is 31.9 Å². The number of aromatic nitrogens is 2. The number of benzene rings is 1. The summed E-state index contributed by atoms with van der Waals surface area (Å²) in [7, 11) is 0. The van der Waals surface area contributed by atoms with Gasteiger partial charge in [0.25, 0.3) is 0 Å². The number of carbonyl (C=O) groups excluding carboxylic acids is 1. The van der Waals surface area contributed by atoms with Gasteiger partial charge in [0.2, 0.25) is 5.91 Å². The maximum Gasteiger partial charge on any atom is 0.229 e. The van der Waals surface area contributed by atoms with Gasteiger partial charge in [0, 0.05) is 34.9 Å². The van der Waals surface area contributed by atoms with Crippen LogP contribution in [0.15, 0.2) is 36.8 Å². The third-order valence-corrected chi connectivity index (χ3v) is 5.01. The highest BCUT2D eigenvalue weighted by atomic mass is 35.5. The average molecular weight is 318 g/mol. The van der Waals surface area contributed by atoms with Crippen molar-refractivity contribution in [1.29, 1.82) is 0 Å². The summed E-state index contributed by atoms with van der Waals surface area (Å²) in [5.74, 6) is 0.385. The summed E-state index contributed by atoms with van der Waals surface area (Å²) in [5, 5.41) is 0.781. The number of carbonyl (C=O) groups is 1. The van der Waals surface area contributed by atoms with E-state index in [1.165, 1.54) is 0 Å². The molecule has 0 aliphatic carbocycles. The van der Waals surface area contributed by atoms with E-state index in [9.17, 15) is 4.79 Å². The number of halogens is 1. The second kappa shape index (κ2) is 5.76. The SMILES string of the molecule is CC1(C)C(c2ccccc2Cl)CCN1C(=O)Cc1cnc[nH]1. The van der Waals surface area contributed by atoms with Crippen LogP contribution in [-0.2, 0) is 11.2 Å². The van der Waals surface area contributed by atoms with Crippen LogP contribution in [-0.4, -0.2) is 32.9 Å². The summed E-state index contributed by atoms with van der Waals surface area (Å²) >= 11 is 6.36. The molecule has 0 saturated carbocycles. The molecule has 1 fully saturated rings. The lowest BCUT2D eigenvalue weighted by molar-refractivity contribution is -0.133. The van der Waals surface area contributed by atoms with Crippen LogP contribution in [0.25, 0.3) is 0 Å². The first-order valence-corrected chi connectivity index (χ1v) is 7.90. The molecule has 5 heteroatoms. The van der Waals surface area contributed by atoms with Crippen molar-refractivity contribution in [3.8, 4) is 0 Å². The van der Waals surface area contributed by atoms with Gasteiger partial charge in [-0.15, -0.1) is 0 Å². The fourth-order valence-corrected chi connectivity index (χ4v) is 3.73. The second-order valence-corrected chi connectivity index (χ2v) is 6.72. The quantitative estimate of drug-likeness (QED) is 0.943. The Balaban J connectivity index is 1.81. The summed E-state index contributed by atoms with van der Waals surface area (Å²) in [6.07, 6.45) is 4.60. The van der Waals surface area contributed by atoms with Crippen molar-refractivity contribution in [2.24, 2.45) is 0 Å².